The van der Waals surface area contributed by atoms with Crippen LogP contribution in [0.3, 0.4) is 0 Å². The van der Waals surface area contributed by atoms with E-state index in [0.717, 1.165) is 24.1 Å². The van der Waals surface area contributed by atoms with Gasteiger partial charge >= 0.3 is 0 Å². The lowest BCUT2D eigenvalue weighted by Crippen LogP contribution is -2.24. The molecule has 1 aliphatic carbocycles. The normalized spacial score (nSPS) is 23.3. The van der Waals surface area contributed by atoms with Gasteiger partial charge in [0.15, 0.2) is 0 Å². The topological polar surface area (TPSA) is 61.8 Å². The summed E-state index contributed by atoms with van der Waals surface area (Å²) in [6, 6.07) is 7.65. The quantitative estimate of drug-likeness (QED) is 0.800. The molecule has 0 amide bonds. The van der Waals surface area contributed by atoms with E-state index in [4.69, 9.17) is 11.0 Å². The van der Waals surface area contributed by atoms with E-state index in [1.165, 1.54) is 25.7 Å². The lowest BCUT2D eigenvalue weighted by molar-refractivity contribution is 0.268. The molecule has 18 heavy (non-hydrogen) atoms. The molecule has 0 saturated heterocycles. The molecule has 3 N–H and O–H groups in total. The van der Waals surface area contributed by atoms with Gasteiger partial charge in [0.1, 0.15) is 6.07 Å². The van der Waals surface area contributed by atoms with Crippen LogP contribution in [0.5, 0.6) is 0 Å². The highest BCUT2D eigenvalue weighted by molar-refractivity contribution is 5.62. The lowest BCUT2D eigenvalue weighted by Gasteiger charge is -2.29. The maximum atomic E-state index is 8.83. The number of hydrogen-bond donors (Lipinski definition) is 2. The Hall–Kier alpha value is -1.69. The summed E-state index contributed by atoms with van der Waals surface area (Å²) in [5.74, 6) is 1.57. The second-order valence-corrected chi connectivity index (χ2v) is 5.32. The third-order valence-corrected chi connectivity index (χ3v) is 4.03. The van der Waals surface area contributed by atoms with Gasteiger partial charge < -0.3 is 11.1 Å². The van der Waals surface area contributed by atoms with Crippen LogP contribution in [0, 0.1) is 23.2 Å². The molecule has 1 aliphatic rings. The molecule has 0 radical (unpaired) electrons. The van der Waals surface area contributed by atoms with Crippen molar-refractivity contribution >= 4 is 11.4 Å². The van der Waals surface area contributed by atoms with E-state index in [-0.39, 0.29) is 0 Å². The van der Waals surface area contributed by atoms with Crippen LogP contribution in [0.25, 0.3) is 0 Å². The number of hydrogen-bond acceptors (Lipinski definition) is 3. The van der Waals surface area contributed by atoms with Crippen LogP contribution in [-0.4, -0.2) is 6.54 Å². The number of nitrogens with one attached hydrogen (secondary N) is 1. The van der Waals surface area contributed by atoms with Crippen LogP contribution in [0.2, 0.25) is 0 Å². The minimum atomic E-state index is 0.548. The molecule has 0 aliphatic heterocycles. The van der Waals surface area contributed by atoms with Crippen LogP contribution in [0.15, 0.2) is 18.2 Å². The molecule has 1 saturated carbocycles. The van der Waals surface area contributed by atoms with Crippen molar-refractivity contribution in [2.45, 2.75) is 32.6 Å². The van der Waals surface area contributed by atoms with E-state index in [1.54, 1.807) is 6.07 Å². The summed E-state index contributed by atoms with van der Waals surface area (Å²) in [5.41, 5.74) is 7.93. The first-order valence-electron chi connectivity index (χ1n) is 6.74. The van der Waals surface area contributed by atoms with Gasteiger partial charge in [0.2, 0.25) is 0 Å². The summed E-state index contributed by atoms with van der Waals surface area (Å²) < 4.78 is 0. The van der Waals surface area contributed by atoms with Gasteiger partial charge in [-0.25, -0.2) is 0 Å². The molecular weight excluding hydrogens is 222 g/mol. The van der Waals surface area contributed by atoms with Crippen molar-refractivity contribution in [3.8, 4) is 6.07 Å². The third kappa shape index (κ3) is 2.95. The van der Waals surface area contributed by atoms with E-state index in [1.807, 2.05) is 12.1 Å². The van der Waals surface area contributed by atoms with Crippen LogP contribution < -0.4 is 11.1 Å². The zero-order valence-corrected chi connectivity index (χ0v) is 10.9. The molecular formula is C15H21N3. The standard InChI is InChI=1S/C15H21N3/c1-11-4-2-3-5-13(11)10-18-14-7-6-12(9-16)15(17)8-14/h6-8,11,13,18H,2-5,10,17H2,1H3. The average molecular weight is 243 g/mol. The van der Waals surface area contributed by atoms with Crippen molar-refractivity contribution in [3.05, 3.63) is 23.8 Å². The Labute approximate surface area is 109 Å². The monoisotopic (exact) mass is 243 g/mol. The molecule has 1 aromatic carbocycles. The second-order valence-electron chi connectivity index (χ2n) is 5.32. The Bertz CT molecular complexity index is 448. The fraction of sp³-hybridized carbons (Fsp3) is 0.533. The van der Waals surface area contributed by atoms with Gasteiger partial charge in [0, 0.05) is 12.2 Å². The SMILES string of the molecule is CC1CCCCC1CNc1ccc(C#N)c(N)c1. The van der Waals surface area contributed by atoms with Crippen molar-refractivity contribution < 1.29 is 0 Å². The van der Waals surface area contributed by atoms with Crippen molar-refractivity contribution in [3.63, 3.8) is 0 Å². The molecule has 3 heteroatoms. The van der Waals surface area contributed by atoms with Gasteiger partial charge in [-0.3, -0.25) is 0 Å². The first-order chi connectivity index (χ1) is 8.70. The summed E-state index contributed by atoms with van der Waals surface area (Å²) in [6.45, 7) is 3.35. The number of nitrogens with zero attached hydrogens (tertiary/aromatic N) is 1. The van der Waals surface area contributed by atoms with E-state index in [9.17, 15) is 0 Å². The van der Waals surface area contributed by atoms with Gasteiger partial charge in [-0.1, -0.05) is 26.2 Å². The Morgan fingerprint density at radius 1 is 1.39 bits per heavy atom. The summed E-state index contributed by atoms with van der Waals surface area (Å²) >= 11 is 0. The highest BCUT2D eigenvalue weighted by Crippen LogP contribution is 2.30. The zero-order valence-electron chi connectivity index (χ0n) is 10.9. The summed E-state index contributed by atoms with van der Waals surface area (Å²) in [6.07, 6.45) is 5.40. The smallest absolute Gasteiger partial charge is 0.101 e. The predicted octanol–water partition coefficient (Wildman–Crippen LogP) is 3.38. The van der Waals surface area contributed by atoms with E-state index >= 15 is 0 Å². The number of nitrogens with two attached hydrogens (primary N) is 1. The van der Waals surface area contributed by atoms with Crippen LogP contribution >= 0.6 is 0 Å². The Morgan fingerprint density at radius 2 is 2.17 bits per heavy atom. The largest absolute Gasteiger partial charge is 0.398 e. The Kier molecular flexibility index (Phi) is 4.09. The minimum absolute atomic E-state index is 0.548. The maximum absolute atomic E-state index is 8.83. The number of benzene rings is 1. The van der Waals surface area contributed by atoms with E-state index < -0.39 is 0 Å². The molecule has 1 aromatic rings. The van der Waals surface area contributed by atoms with Crippen LogP contribution in [-0.2, 0) is 0 Å². The van der Waals surface area contributed by atoms with Crippen molar-refractivity contribution in [1.82, 2.24) is 0 Å². The fourth-order valence-corrected chi connectivity index (χ4v) is 2.72. The minimum Gasteiger partial charge on any atom is -0.398 e. The summed E-state index contributed by atoms with van der Waals surface area (Å²) in [7, 11) is 0. The number of anilines is 2. The van der Waals surface area contributed by atoms with Gasteiger partial charge in [-0.15, -0.1) is 0 Å². The molecule has 0 aromatic heterocycles. The molecule has 2 unspecified atom stereocenters. The molecule has 0 heterocycles. The van der Waals surface area contributed by atoms with Gasteiger partial charge in [-0.05, 0) is 36.5 Å². The average Bonchev–Trinajstić information content (AvgIpc) is 2.38. The maximum Gasteiger partial charge on any atom is 0.101 e. The number of nitriles is 1. The van der Waals surface area contributed by atoms with Gasteiger partial charge in [0.25, 0.3) is 0 Å². The molecule has 2 rings (SSSR count). The van der Waals surface area contributed by atoms with E-state index in [0.29, 0.717) is 11.3 Å². The molecule has 0 spiro atoms. The van der Waals surface area contributed by atoms with E-state index in [2.05, 4.69) is 18.3 Å². The Balaban J connectivity index is 1.94. The molecule has 2 atom stereocenters. The van der Waals surface area contributed by atoms with Crippen molar-refractivity contribution in [2.75, 3.05) is 17.6 Å². The lowest BCUT2D eigenvalue weighted by atomic mass is 9.80. The number of rotatable bonds is 3. The molecule has 3 nitrogen and oxygen atoms in total. The summed E-state index contributed by atoms with van der Waals surface area (Å²) in [5, 5.41) is 12.3. The van der Waals surface area contributed by atoms with Crippen LogP contribution in [0.1, 0.15) is 38.2 Å². The zero-order chi connectivity index (χ0) is 13.0. The van der Waals surface area contributed by atoms with Crippen LogP contribution in [0.4, 0.5) is 11.4 Å². The van der Waals surface area contributed by atoms with Gasteiger partial charge in [0.05, 0.1) is 11.3 Å². The molecule has 96 valence electrons. The first kappa shape index (κ1) is 12.8. The molecule has 1 fully saturated rings. The highest BCUT2D eigenvalue weighted by Gasteiger charge is 2.20. The van der Waals surface area contributed by atoms with Gasteiger partial charge in [-0.2, -0.15) is 5.26 Å². The van der Waals surface area contributed by atoms with Crippen molar-refractivity contribution in [2.24, 2.45) is 11.8 Å². The molecule has 0 bridgehead atoms. The second kappa shape index (κ2) is 5.77. The first-order valence-corrected chi connectivity index (χ1v) is 6.74. The third-order valence-electron chi connectivity index (χ3n) is 4.03. The highest BCUT2D eigenvalue weighted by atomic mass is 14.9. The fourth-order valence-electron chi connectivity index (χ4n) is 2.72. The predicted molar refractivity (Wildman–Crippen MR) is 75.2 cm³/mol. The Morgan fingerprint density at radius 3 is 2.83 bits per heavy atom. The summed E-state index contributed by atoms with van der Waals surface area (Å²) in [4.78, 5) is 0. The number of nitrogen functional groups attached to an aromatic ring is 1. The van der Waals surface area contributed by atoms with Crippen molar-refractivity contribution in [1.29, 1.82) is 5.26 Å².